The highest BCUT2D eigenvalue weighted by atomic mass is 32.2. The van der Waals surface area contributed by atoms with Crippen LogP contribution in [0, 0.1) is 0 Å². The SMILES string of the molecule is CC1(C)NC(=O)N(CCSc2ccc(C(F)(F)F)cn2)C1=O. The van der Waals surface area contributed by atoms with E-state index in [1.165, 1.54) is 17.8 Å². The Balaban J connectivity index is 1.89. The predicted octanol–water partition coefficient (Wildman–Crippen LogP) is 2.52. The number of hydrogen-bond donors (Lipinski definition) is 1. The van der Waals surface area contributed by atoms with Gasteiger partial charge in [-0.2, -0.15) is 13.2 Å². The molecular weight excluding hydrogens is 319 g/mol. The molecule has 1 aromatic rings. The highest BCUT2D eigenvalue weighted by Crippen LogP contribution is 2.29. The second-order valence-corrected chi connectivity index (χ2v) is 6.36. The summed E-state index contributed by atoms with van der Waals surface area (Å²) in [6, 6.07) is 1.76. The fraction of sp³-hybridized carbons (Fsp3) is 0.462. The molecule has 3 amide bonds. The number of pyridine rings is 1. The van der Waals surface area contributed by atoms with Crippen LogP contribution in [0.3, 0.4) is 0 Å². The van der Waals surface area contributed by atoms with Crippen molar-refractivity contribution in [1.82, 2.24) is 15.2 Å². The van der Waals surface area contributed by atoms with Gasteiger partial charge in [0.05, 0.1) is 10.6 Å². The van der Waals surface area contributed by atoms with Crippen molar-refractivity contribution in [3.05, 3.63) is 23.9 Å². The summed E-state index contributed by atoms with van der Waals surface area (Å²) in [5.74, 6) is 0.0339. The van der Waals surface area contributed by atoms with Crippen LogP contribution in [0.15, 0.2) is 23.4 Å². The number of urea groups is 1. The lowest BCUT2D eigenvalue weighted by atomic mass is 10.1. The number of hydrogen-bond acceptors (Lipinski definition) is 4. The number of nitrogens with one attached hydrogen (secondary N) is 1. The van der Waals surface area contributed by atoms with Crippen LogP contribution < -0.4 is 5.32 Å². The first-order valence-corrected chi connectivity index (χ1v) is 7.40. The van der Waals surface area contributed by atoms with Crippen molar-refractivity contribution < 1.29 is 22.8 Å². The van der Waals surface area contributed by atoms with E-state index in [1.54, 1.807) is 13.8 Å². The largest absolute Gasteiger partial charge is 0.417 e. The molecule has 0 aromatic carbocycles. The van der Waals surface area contributed by atoms with Crippen molar-refractivity contribution in [3.8, 4) is 0 Å². The van der Waals surface area contributed by atoms with Gasteiger partial charge in [0.15, 0.2) is 0 Å². The molecule has 1 aliphatic heterocycles. The van der Waals surface area contributed by atoms with Crippen LogP contribution in [-0.2, 0) is 11.0 Å². The van der Waals surface area contributed by atoms with Gasteiger partial charge in [-0.05, 0) is 26.0 Å². The summed E-state index contributed by atoms with van der Waals surface area (Å²) < 4.78 is 37.2. The van der Waals surface area contributed by atoms with Crippen LogP contribution in [0.2, 0.25) is 0 Å². The van der Waals surface area contributed by atoms with Crippen molar-refractivity contribution >= 4 is 23.7 Å². The van der Waals surface area contributed by atoms with Gasteiger partial charge < -0.3 is 5.32 Å². The van der Waals surface area contributed by atoms with E-state index >= 15 is 0 Å². The number of thioether (sulfide) groups is 1. The lowest BCUT2D eigenvalue weighted by molar-refractivity contribution is -0.138. The molecule has 120 valence electrons. The van der Waals surface area contributed by atoms with Gasteiger partial charge in [-0.1, -0.05) is 0 Å². The van der Waals surface area contributed by atoms with Crippen LogP contribution in [0.25, 0.3) is 0 Å². The first kappa shape index (κ1) is 16.6. The molecule has 1 saturated heterocycles. The lowest BCUT2D eigenvalue weighted by Gasteiger charge is -2.15. The number of rotatable bonds is 4. The summed E-state index contributed by atoms with van der Waals surface area (Å²) in [7, 11) is 0. The molecule has 9 heteroatoms. The van der Waals surface area contributed by atoms with Gasteiger partial charge in [-0.3, -0.25) is 9.69 Å². The molecule has 0 bridgehead atoms. The van der Waals surface area contributed by atoms with Crippen molar-refractivity contribution in [2.24, 2.45) is 0 Å². The molecule has 5 nitrogen and oxygen atoms in total. The number of amides is 3. The minimum absolute atomic E-state index is 0.168. The highest BCUT2D eigenvalue weighted by Gasteiger charge is 2.43. The van der Waals surface area contributed by atoms with Crippen LogP contribution in [0.5, 0.6) is 0 Å². The summed E-state index contributed by atoms with van der Waals surface area (Å²) in [6.07, 6.45) is -3.65. The zero-order valence-corrected chi connectivity index (χ0v) is 12.7. The van der Waals surface area contributed by atoms with E-state index in [0.29, 0.717) is 10.8 Å². The molecule has 0 spiro atoms. The summed E-state index contributed by atoms with van der Waals surface area (Å²) in [5, 5.41) is 2.96. The molecule has 1 aromatic heterocycles. The van der Waals surface area contributed by atoms with E-state index in [1.807, 2.05) is 0 Å². The first-order chi connectivity index (χ1) is 10.1. The van der Waals surface area contributed by atoms with Gasteiger partial charge >= 0.3 is 12.2 Å². The molecular formula is C13H14F3N3O2S. The summed E-state index contributed by atoms with van der Waals surface area (Å²) in [6.45, 7) is 3.39. The van der Waals surface area contributed by atoms with Crippen LogP contribution in [0.1, 0.15) is 19.4 Å². The molecule has 0 radical (unpaired) electrons. The number of aromatic nitrogens is 1. The van der Waals surface area contributed by atoms with E-state index in [4.69, 9.17) is 0 Å². The molecule has 1 fully saturated rings. The topological polar surface area (TPSA) is 62.3 Å². The number of alkyl halides is 3. The Morgan fingerprint density at radius 3 is 2.45 bits per heavy atom. The molecule has 1 aliphatic rings. The Hall–Kier alpha value is -1.77. The van der Waals surface area contributed by atoms with Crippen LogP contribution in [-0.4, -0.2) is 39.7 Å². The molecule has 1 N–H and O–H groups in total. The monoisotopic (exact) mass is 333 g/mol. The Morgan fingerprint density at radius 1 is 1.32 bits per heavy atom. The first-order valence-electron chi connectivity index (χ1n) is 6.41. The second-order valence-electron chi connectivity index (χ2n) is 5.24. The standard InChI is InChI=1S/C13H14F3N3O2S/c1-12(2)10(20)19(11(21)18-12)5-6-22-9-4-3-8(7-17-9)13(14,15)16/h3-4,7H,5-6H2,1-2H3,(H,18,21). The normalized spacial score (nSPS) is 17.8. The third-order valence-electron chi connectivity index (χ3n) is 3.07. The maximum atomic E-state index is 12.4. The van der Waals surface area contributed by atoms with Crippen molar-refractivity contribution in [3.63, 3.8) is 0 Å². The van der Waals surface area contributed by atoms with E-state index < -0.39 is 23.3 Å². The van der Waals surface area contributed by atoms with E-state index in [9.17, 15) is 22.8 Å². The fourth-order valence-electron chi connectivity index (χ4n) is 1.90. The molecule has 0 atom stereocenters. The van der Waals surface area contributed by atoms with Crippen LogP contribution >= 0.6 is 11.8 Å². The molecule has 2 rings (SSSR count). The summed E-state index contributed by atoms with van der Waals surface area (Å²) in [5.41, 5.74) is -1.73. The maximum Gasteiger partial charge on any atom is 0.417 e. The van der Waals surface area contributed by atoms with Gasteiger partial charge in [-0.25, -0.2) is 9.78 Å². The average molecular weight is 333 g/mol. The van der Waals surface area contributed by atoms with Gasteiger partial charge in [0.25, 0.3) is 5.91 Å². The summed E-state index contributed by atoms with van der Waals surface area (Å²) in [4.78, 5) is 28.4. The van der Waals surface area contributed by atoms with Gasteiger partial charge in [-0.15, -0.1) is 11.8 Å². The number of carbonyl (C=O) groups is 2. The van der Waals surface area contributed by atoms with Crippen molar-refractivity contribution in [2.45, 2.75) is 30.6 Å². The lowest BCUT2D eigenvalue weighted by Crippen LogP contribution is -2.40. The molecule has 22 heavy (non-hydrogen) atoms. The number of nitrogens with zero attached hydrogens (tertiary/aromatic N) is 2. The molecule has 0 unspecified atom stereocenters. The van der Waals surface area contributed by atoms with Gasteiger partial charge in [0.1, 0.15) is 5.54 Å². The average Bonchev–Trinajstić information content (AvgIpc) is 2.60. The second kappa shape index (κ2) is 5.79. The zero-order chi connectivity index (χ0) is 16.5. The van der Waals surface area contributed by atoms with Crippen LogP contribution in [0.4, 0.5) is 18.0 Å². The van der Waals surface area contributed by atoms with E-state index in [2.05, 4.69) is 10.3 Å². The Labute approximate surface area is 129 Å². The van der Waals surface area contributed by atoms with Gasteiger partial charge in [0.2, 0.25) is 0 Å². The van der Waals surface area contributed by atoms with Crippen molar-refractivity contribution in [1.29, 1.82) is 0 Å². The maximum absolute atomic E-state index is 12.4. The summed E-state index contributed by atoms with van der Waals surface area (Å²) >= 11 is 1.18. The number of halogens is 3. The van der Waals surface area contributed by atoms with Crippen molar-refractivity contribution in [2.75, 3.05) is 12.3 Å². The third-order valence-corrected chi connectivity index (χ3v) is 4.00. The third kappa shape index (κ3) is 3.52. The van der Waals surface area contributed by atoms with E-state index in [0.717, 1.165) is 17.2 Å². The van der Waals surface area contributed by atoms with E-state index in [-0.39, 0.29) is 12.5 Å². The Bertz CT molecular complexity index is 587. The Morgan fingerprint density at radius 2 is 2.00 bits per heavy atom. The molecule has 0 saturated carbocycles. The predicted molar refractivity (Wildman–Crippen MR) is 74.3 cm³/mol. The minimum Gasteiger partial charge on any atom is -0.324 e. The highest BCUT2D eigenvalue weighted by molar-refractivity contribution is 7.99. The molecule has 0 aliphatic carbocycles. The molecule has 2 heterocycles. The van der Waals surface area contributed by atoms with Gasteiger partial charge in [0, 0.05) is 18.5 Å². The number of carbonyl (C=O) groups excluding carboxylic acids is 2. The zero-order valence-electron chi connectivity index (χ0n) is 11.9. The smallest absolute Gasteiger partial charge is 0.324 e. The Kier molecular flexibility index (Phi) is 4.37. The number of imide groups is 1. The minimum atomic E-state index is -4.41. The quantitative estimate of drug-likeness (QED) is 0.679. The fourth-order valence-corrected chi connectivity index (χ4v) is 2.67.